The number of hydrogen-bond acceptors (Lipinski definition) is 5. The van der Waals surface area contributed by atoms with Gasteiger partial charge in [0.25, 0.3) is 0 Å². The Balaban J connectivity index is 1.85. The van der Waals surface area contributed by atoms with Crippen molar-refractivity contribution in [2.24, 2.45) is 0 Å². The summed E-state index contributed by atoms with van der Waals surface area (Å²) in [6.07, 6.45) is -0.438. The van der Waals surface area contributed by atoms with Crippen LogP contribution in [-0.4, -0.2) is 68.8 Å². The molecule has 1 aromatic rings. The van der Waals surface area contributed by atoms with E-state index in [0.717, 1.165) is 5.56 Å². The lowest BCUT2D eigenvalue weighted by atomic mass is 10.2. The minimum absolute atomic E-state index is 0.0599. The van der Waals surface area contributed by atoms with E-state index in [4.69, 9.17) is 4.74 Å². The number of amides is 2. The molecule has 0 radical (unpaired) electrons. The maximum atomic E-state index is 12.3. The van der Waals surface area contributed by atoms with Gasteiger partial charge < -0.3 is 14.5 Å². The third-order valence-electron chi connectivity index (χ3n) is 4.12. The topological polar surface area (TPSA) is 84.0 Å². The van der Waals surface area contributed by atoms with Gasteiger partial charge in [-0.3, -0.25) is 4.79 Å². The minimum Gasteiger partial charge on any atom is -0.450 e. The van der Waals surface area contributed by atoms with Crippen LogP contribution in [0.1, 0.15) is 18.9 Å². The zero-order valence-electron chi connectivity index (χ0n) is 14.6. The van der Waals surface area contributed by atoms with Gasteiger partial charge in [0.2, 0.25) is 5.91 Å². The molecule has 25 heavy (non-hydrogen) atoms. The first-order valence-electron chi connectivity index (χ1n) is 8.32. The molecule has 8 heteroatoms. The molecule has 0 aromatic heterocycles. The number of piperazine rings is 1. The van der Waals surface area contributed by atoms with Gasteiger partial charge in [-0.1, -0.05) is 17.7 Å². The molecule has 0 unspecified atom stereocenters. The first-order chi connectivity index (χ1) is 11.8. The van der Waals surface area contributed by atoms with Crippen LogP contribution >= 0.6 is 0 Å². The van der Waals surface area contributed by atoms with E-state index in [2.05, 4.69) is 0 Å². The van der Waals surface area contributed by atoms with E-state index >= 15 is 0 Å². The van der Waals surface area contributed by atoms with E-state index in [1.165, 1.54) is 0 Å². The van der Waals surface area contributed by atoms with Crippen molar-refractivity contribution < 1.29 is 22.7 Å². The Morgan fingerprint density at radius 1 is 1.04 bits per heavy atom. The van der Waals surface area contributed by atoms with Gasteiger partial charge in [0.1, 0.15) is 0 Å². The van der Waals surface area contributed by atoms with Gasteiger partial charge in [-0.05, 0) is 26.0 Å². The molecule has 0 saturated carbocycles. The van der Waals surface area contributed by atoms with E-state index in [9.17, 15) is 18.0 Å². The third-order valence-corrected chi connectivity index (χ3v) is 5.86. The van der Waals surface area contributed by atoms with Crippen molar-refractivity contribution in [2.75, 3.05) is 38.5 Å². The molecule has 0 N–H and O–H groups in total. The fourth-order valence-corrected chi connectivity index (χ4v) is 3.83. The van der Waals surface area contributed by atoms with Crippen molar-refractivity contribution in [3.63, 3.8) is 0 Å². The summed E-state index contributed by atoms with van der Waals surface area (Å²) in [5.74, 6) is -0.424. The predicted molar refractivity (Wildman–Crippen MR) is 93.0 cm³/mol. The van der Waals surface area contributed by atoms with E-state index in [1.807, 2.05) is 6.92 Å². The summed E-state index contributed by atoms with van der Waals surface area (Å²) < 4.78 is 29.5. The fourth-order valence-electron chi connectivity index (χ4n) is 2.60. The second-order valence-corrected chi connectivity index (χ2v) is 8.06. The molecule has 2 rings (SSSR count). The maximum absolute atomic E-state index is 12.3. The standard InChI is InChI=1S/C17H24N2O5S/c1-3-24-17(21)19-11-9-18(10-12-19)16(20)8-13-25(22,23)15-6-4-14(2)5-7-15/h4-7H,3,8-13H2,1-2H3. The number of rotatable bonds is 5. The SMILES string of the molecule is CCOC(=O)N1CCN(C(=O)CCS(=O)(=O)c2ccc(C)cc2)CC1. The van der Waals surface area contributed by atoms with Crippen molar-refractivity contribution in [2.45, 2.75) is 25.2 Å². The molecule has 1 saturated heterocycles. The Bertz CT molecular complexity index is 707. The Labute approximate surface area is 148 Å². The van der Waals surface area contributed by atoms with Crippen LogP contribution in [0.5, 0.6) is 0 Å². The normalized spacial score (nSPS) is 15.1. The highest BCUT2D eigenvalue weighted by Gasteiger charge is 2.26. The van der Waals surface area contributed by atoms with Crippen LogP contribution in [0.3, 0.4) is 0 Å². The number of sulfone groups is 1. The fraction of sp³-hybridized carbons (Fsp3) is 0.529. The molecular formula is C17H24N2O5S. The number of ether oxygens (including phenoxy) is 1. The van der Waals surface area contributed by atoms with Crippen LogP contribution in [0.15, 0.2) is 29.2 Å². The van der Waals surface area contributed by atoms with Crippen molar-refractivity contribution in [1.29, 1.82) is 0 Å². The van der Waals surface area contributed by atoms with Crippen LogP contribution in [0.4, 0.5) is 4.79 Å². The Hall–Kier alpha value is -2.09. The van der Waals surface area contributed by atoms with Crippen LogP contribution in [0, 0.1) is 6.92 Å². The second-order valence-electron chi connectivity index (χ2n) is 5.95. The smallest absolute Gasteiger partial charge is 0.409 e. The van der Waals surface area contributed by atoms with Crippen molar-refractivity contribution in [3.05, 3.63) is 29.8 Å². The zero-order valence-corrected chi connectivity index (χ0v) is 15.4. The first-order valence-corrected chi connectivity index (χ1v) is 9.97. The molecule has 0 atom stereocenters. The molecule has 138 valence electrons. The van der Waals surface area contributed by atoms with E-state index < -0.39 is 9.84 Å². The molecule has 2 amide bonds. The molecule has 1 aliphatic rings. The summed E-state index contributed by atoms with van der Waals surface area (Å²) in [7, 11) is -3.47. The zero-order chi connectivity index (χ0) is 18.4. The number of benzene rings is 1. The van der Waals surface area contributed by atoms with Crippen LogP contribution in [0.25, 0.3) is 0 Å². The predicted octanol–water partition coefficient (Wildman–Crippen LogP) is 1.46. The van der Waals surface area contributed by atoms with Crippen LogP contribution in [0.2, 0.25) is 0 Å². The molecule has 0 spiro atoms. The summed E-state index contributed by atoms with van der Waals surface area (Å²) in [5, 5.41) is 0. The summed E-state index contributed by atoms with van der Waals surface area (Å²) in [4.78, 5) is 27.3. The Morgan fingerprint density at radius 2 is 1.60 bits per heavy atom. The number of aryl methyl sites for hydroxylation is 1. The average molecular weight is 368 g/mol. The van der Waals surface area contributed by atoms with E-state index in [0.29, 0.717) is 32.8 Å². The van der Waals surface area contributed by atoms with Gasteiger partial charge >= 0.3 is 6.09 Å². The van der Waals surface area contributed by atoms with Crippen LogP contribution in [-0.2, 0) is 19.4 Å². The number of carbonyl (C=O) groups is 2. The lowest BCUT2D eigenvalue weighted by Gasteiger charge is -2.34. The number of nitrogens with zero attached hydrogens (tertiary/aromatic N) is 2. The molecule has 0 aliphatic carbocycles. The Kier molecular flexibility index (Phi) is 6.41. The number of carbonyl (C=O) groups excluding carboxylic acids is 2. The van der Waals surface area contributed by atoms with Gasteiger partial charge in [0, 0.05) is 32.6 Å². The van der Waals surface area contributed by atoms with Crippen molar-refractivity contribution in [1.82, 2.24) is 9.80 Å². The third kappa shape index (κ3) is 5.19. The highest BCUT2D eigenvalue weighted by atomic mass is 32.2. The second kappa shape index (κ2) is 8.33. The van der Waals surface area contributed by atoms with Gasteiger partial charge in [-0.25, -0.2) is 13.2 Å². The Morgan fingerprint density at radius 3 is 2.16 bits per heavy atom. The molecule has 1 aliphatic heterocycles. The average Bonchev–Trinajstić information content (AvgIpc) is 2.60. The monoisotopic (exact) mass is 368 g/mol. The van der Waals surface area contributed by atoms with Gasteiger partial charge in [-0.2, -0.15) is 0 Å². The largest absolute Gasteiger partial charge is 0.450 e. The van der Waals surface area contributed by atoms with Crippen molar-refractivity contribution in [3.8, 4) is 0 Å². The summed E-state index contributed by atoms with van der Waals surface area (Å²) >= 11 is 0. The summed E-state index contributed by atoms with van der Waals surface area (Å²) in [6, 6.07) is 6.60. The summed E-state index contributed by atoms with van der Waals surface area (Å²) in [5.41, 5.74) is 0.981. The lowest BCUT2D eigenvalue weighted by Crippen LogP contribution is -2.50. The highest BCUT2D eigenvalue weighted by molar-refractivity contribution is 7.91. The van der Waals surface area contributed by atoms with Gasteiger partial charge in [0.15, 0.2) is 9.84 Å². The molecule has 7 nitrogen and oxygen atoms in total. The molecular weight excluding hydrogens is 344 g/mol. The van der Waals surface area contributed by atoms with Crippen molar-refractivity contribution >= 4 is 21.8 Å². The quantitative estimate of drug-likeness (QED) is 0.786. The van der Waals surface area contributed by atoms with E-state index in [-0.39, 0.29) is 29.1 Å². The van der Waals surface area contributed by atoms with E-state index in [1.54, 1.807) is 41.0 Å². The van der Waals surface area contributed by atoms with Gasteiger partial charge in [-0.15, -0.1) is 0 Å². The minimum atomic E-state index is -3.47. The van der Waals surface area contributed by atoms with Crippen LogP contribution < -0.4 is 0 Å². The summed E-state index contributed by atoms with van der Waals surface area (Å²) in [6.45, 7) is 5.52. The molecule has 1 fully saturated rings. The highest BCUT2D eigenvalue weighted by Crippen LogP contribution is 2.14. The molecule has 1 aromatic carbocycles. The van der Waals surface area contributed by atoms with Gasteiger partial charge in [0.05, 0.1) is 17.3 Å². The number of hydrogen-bond donors (Lipinski definition) is 0. The molecule has 0 bridgehead atoms. The maximum Gasteiger partial charge on any atom is 0.409 e. The first kappa shape index (κ1) is 19.2. The molecule has 1 heterocycles. The lowest BCUT2D eigenvalue weighted by molar-refractivity contribution is -0.132.